The highest BCUT2D eigenvalue weighted by Gasteiger charge is 2.04. The van der Waals surface area contributed by atoms with E-state index in [2.05, 4.69) is 28.4 Å². The molecule has 0 amide bonds. The minimum absolute atomic E-state index is 0.332. The first kappa shape index (κ1) is 13.6. The Morgan fingerprint density at radius 1 is 1.44 bits per heavy atom. The van der Waals surface area contributed by atoms with Crippen molar-refractivity contribution in [3.8, 4) is 0 Å². The summed E-state index contributed by atoms with van der Waals surface area (Å²) < 4.78 is 24.0. The molecule has 1 aromatic rings. The fourth-order valence-corrected chi connectivity index (χ4v) is 2.58. The lowest BCUT2D eigenvalue weighted by Crippen LogP contribution is -2.27. The van der Waals surface area contributed by atoms with Gasteiger partial charge in [-0.05, 0) is 31.3 Å². The van der Waals surface area contributed by atoms with Crippen LogP contribution in [-0.4, -0.2) is 27.8 Å². The number of rotatable bonds is 7. The number of thiophene rings is 1. The van der Waals surface area contributed by atoms with E-state index in [9.17, 15) is 8.42 Å². The fourth-order valence-electron chi connectivity index (χ4n) is 1.30. The molecule has 4 nitrogen and oxygen atoms in total. The van der Waals surface area contributed by atoms with Crippen LogP contribution in [-0.2, 0) is 10.0 Å². The Morgan fingerprint density at radius 3 is 2.75 bits per heavy atom. The third-order valence-corrected chi connectivity index (χ3v) is 3.92. The van der Waals surface area contributed by atoms with Crippen molar-refractivity contribution in [2.75, 3.05) is 19.3 Å². The fraction of sp³-hybridized carbons (Fsp3) is 0.600. The Bertz CT molecular complexity index is 387. The standard InChI is InChI=1S/C10H18N2O2S2/c1-9(10-5-3-8-15-10)11-6-4-7-12-16(2,13)14/h3,5,8-9,11-12H,4,6-7H2,1-2H3. The summed E-state index contributed by atoms with van der Waals surface area (Å²) >= 11 is 1.73. The van der Waals surface area contributed by atoms with Crippen molar-refractivity contribution in [2.24, 2.45) is 0 Å². The molecule has 0 fully saturated rings. The molecule has 1 atom stereocenters. The van der Waals surface area contributed by atoms with Crippen molar-refractivity contribution in [3.63, 3.8) is 0 Å². The summed E-state index contributed by atoms with van der Waals surface area (Å²) in [5.41, 5.74) is 0. The lowest BCUT2D eigenvalue weighted by atomic mass is 10.2. The molecule has 6 heteroatoms. The van der Waals surface area contributed by atoms with Crippen LogP contribution in [0.1, 0.15) is 24.3 Å². The average molecular weight is 262 g/mol. The summed E-state index contributed by atoms with van der Waals surface area (Å²) in [6.45, 7) is 3.40. The van der Waals surface area contributed by atoms with E-state index in [1.165, 1.54) is 11.1 Å². The van der Waals surface area contributed by atoms with E-state index in [4.69, 9.17) is 0 Å². The molecule has 1 rings (SSSR count). The zero-order valence-electron chi connectivity index (χ0n) is 9.56. The van der Waals surface area contributed by atoms with Crippen molar-refractivity contribution in [2.45, 2.75) is 19.4 Å². The van der Waals surface area contributed by atoms with Gasteiger partial charge in [-0.3, -0.25) is 0 Å². The Kier molecular flexibility index (Phi) is 5.40. The lowest BCUT2D eigenvalue weighted by molar-refractivity contribution is 0.553. The molecule has 0 saturated heterocycles. The van der Waals surface area contributed by atoms with Crippen molar-refractivity contribution in [1.82, 2.24) is 10.0 Å². The third-order valence-electron chi connectivity index (χ3n) is 2.14. The van der Waals surface area contributed by atoms with Gasteiger partial charge in [0.1, 0.15) is 0 Å². The molecule has 0 aliphatic heterocycles. The predicted molar refractivity (Wildman–Crippen MR) is 68.2 cm³/mol. The Morgan fingerprint density at radius 2 is 2.19 bits per heavy atom. The molecule has 92 valence electrons. The topological polar surface area (TPSA) is 58.2 Å². The largest absolute Gasteiger partial charge is 0.309 e. The van der Waals surface area contributed by atoms with Crippen molar-refractivity contribution in [3.05, 3.63) is 22.4 Å². The molecule has 1 heterocycles. The summed E-state index contributed by atoms with van der Waals surface area (Å²) in [4.78, 5) is 1.30. The summed E-state index contributed by atoms with van der Waals surface area (Å²) in [5, 5.41) is 5.40. The van der Waals surface area contributed by atoms with Gasteiger partial charge in [0.05, 0.1) is 6.26 Å². The van der Waals surface area contributed by atoms with E-state index in [1.807, 2.05) is 6.07 Å². The summed E-state index contributed by atoms with van der Waals surface area (Å²) in [7, 11) is -3.04. The van der Waals surface area contributed by atoms with Crippen LogP contribution in [0, 0.1) is 0 Å². The van der Waals surface area contributed by atoms with E-state index >= 15 is 0 Å². The minimum Gasteiger partial charge on any atom is -0.309 e. The zero-order valence-corrected chi connectivity index (χ0v) is 11.2. The molecular weight excluding hydrogens is 244 g/mol. The molecule has 0 aliphatic rings. The van der Waals surface area contributed by atoms with Gasteiger partial charge in [-0.15, -0.1) is 11.3 Å². The summed E-state index contributed by atoms with van der Waals surface area (Å²) in [6, 6.07) is 4.46. The van der Waals surface area contributed by atoms with Crippen molar-refractivity contribution < 1.29 is 8.42 Å². The third kappa shape index (κ3) is 5.60. The van der Waals surface area contributed by atoms with E-state index in [1.54, 1.807) is 11.3 Å². The van der Waals surface area contributed by atoms with Crippen LogP contribution in [0.25, 0.3) is 0 Å². The number of sulfonamides is 1. The first-order valence-corrected chi connectivity index (χ1v) is 7.97. The Labute approximate surface area is 101 Å². The number of nitrogens with one attached hydrogen (secondary N) is 2. The first-order valence-electron chi connectivity index (χ1n) is 5.20. The van der Waals surface area contributed by atoms with Crippen LogP contribution in [0.5, 0.6) is 0 Å². The molecule has 0 saturated carbocycles. The van der Waals surface area contributed by atoms with Gasteiger partial charge < -0.3 is 5.32 Å². The average Bonchev–Trinajstić information content (AvgIpc) is 2.67. The molecule has 0 bridgehead atoms. The highest BCUT2D eigenvalue weighted by molar-refractivity contribution is 7.88. The van der Waals surface area contributed by atoms with Gasteiger partial charge >= 0.3 is 0 Å². The van der Waals surface area contributed by atoms with Crippen LogP contribution < -0.4 is 10.0 Å². The van der Waals surface area contributed by atoms with E-state index in [0.29, 0.717) is 12.6 Å². The van der Waals surface area contributed by atoms with Gasteiger partial charge in [0.25, 0.3) is 0 Å². The zero-order chi connectivity index (χ0) is 12.0. The van der Waals surface area contributed by atoms with Crippen LogP contribution in [0.2, 0.25) is 0 Å². The maximum Gasteiger partial charge on any atom is 0.208 e. The number of hydrogen-bond donors (Lipinski definition) is 2. The number of hydrogen-bond acceptors (Lipinski definition) is 4. The van der Waals surface area contributed by atoms with Crippen LogP contribution >= 0.6 is 11.3 Å². The first-order chi connectivity index (χ1) is 7.49. The molecule has 16 heavy (non-hydrogen) atoms. The Balaban J connectivity index is 2.12. The molecule has 0 aromatic carbocycles. The maximum atomic E-state index is 10.8. The normalized spacial score (nSPS) is 13.9. The van der Waals surface area contributed by atoms with E-state index < -0.39 is 10.0 Å². The van der Waals surface area contributed by atoms with Gasteiger partial charge in [-0.1, -0.05) is 6.07 Å². The summed E-state index contributed by atoms with van der Waals surface area (Å²) in [5.74, 6) is 0. The molecule has 2 N–H and O–H groups in total. The quantitative estimate of drug-likeness (QED) is 0.729. The second-order valence-corrected chi connectivity index (χ2v) is 6.52. The lowest BCUT2D eigenvalue weighted by Gasteiger charge is -2.11. The summed E-state index contributed by atoms with van der Waals surface area (Å²) in [6.07, 6.45) is 1.97. The van der Waals surface area contributed by atoms with Gasteiger partial charge in [0.15, 0.2) is 0 Å². The van der Waals surface area contributed by atoms with Crippen LogP contribution in [0.3, 0.4) is 0 Å². The second kappa shape index (κ2) is 6.34. The van der Waals surface area contributed by atoms with Gasteiger partial charge in [-0.25, -0.2) is 13.1 Å². The van der Waals surface area contributed by atoms with Gasteiger partial charge in [0, 0.05) is 17.5 Å². The smallest absolute Gasteiger partial charge is 0.208 e. The minimum atomic E-state index is -3.04. The molecular formula is C10H18N2O2S2. The highest BCUT2D eigenvalue weighted by atomic mass is 32.2. The molecule has 1 unspecified atom stereocenters. The molecule has 0 radical (unpaired) electrons. The monoisotopic (exact) mass is 262 g/mol. The SMILES string of the molecule is CC(NCCCNS(C)(=O)=O)c1cccs1. The molecule has 0 spiro atoms. The van der Waals surface area contributed by atoms with E-state index in [0.717, 1.165) is 13.0 Å². The Hall–Kier alpha value is -0.430. The van der Waals surface area contributed by atoms with Crippen LogP contribution in [0.4, 0.5) is 0 Å². The van der Waals surface area contributed by atoms with E-state index in [-0.39, 0.29) is 0 Å². The van der Waals surface area contributed by atoms with Gasteiger partial charge in [0.2, 0.25) is 10.0 Å². The molecule has 0 aliphatic carbocycles. The highest BCUT2D eigenvalue weighted by Crippen LogP contribution is 2.17. The van der Waals surface area contributed by atoms with Crippen molar-refractivity contribution >= 4 is 21.4 Å². The van der Waals surface area contributed by atoms with Gasteiger partial charge in [-0.2, -0.15) is 0 Å². The second-order valence-electron chi connectivity index (χ2n) is 3.71. The molecule has 1 aromatic heterocycles. The predicted octanol–water partition coefficient (Wildman–Crippen LogP) is 1.34. The van der Waals surface area contributed by atoms with Crippen LogP contribution in [0.15, 0.2) is 17.5 Å². The van der Waals surface area contributed by atoms with Crippen molar-refractivity contribution in [1.29, 1.82) is 0 Å². The maximum absolute atomic E-state index is 10.8.